The molecule has 4 heteroatoms. The van der Waals surface area contributed by atoms with Crippen LogP contribution in [0.25, 0.3) is 0 Å². The number of benzene rings is 1. The second-order valence-electron chi connectivity index (χ2n) is 7.14. The van der Waals surface area contributed by atoms with Crippen LogP contribution < -0.4 is 10.6 Å². The summed E-state index contributed by atoms with van der Waals surface area (Å²) >= 11 is 0. The lowest BCUT2D eigenvalue weighted by Gasteiger charge is -2.38. The molecule has 3 N–H and O–H groups in total. The van der Waals surface area contributed by atoms with Gasteiger partial charge in [-0.1, -0.05) is 0 Å². The molecule has 1 aromatic rings. The SMILES string of the molecule is C[C@H](O)CN(C)C1CCN(c2cc(N)cc(C3CC3)c2)CC1. The Morgan fingerprint density at radius 2 is 1.91 bits per heavy atom. The van der Waals surface area contributed by atoms with Crippen molar-refractivity contribution >= 4 is 11.4 Å². The van der Waals surface area contributed by atoms with Gasteiger partial charge in [0.25, 0.3) is 0 Å². The van der Waals surface area contributed by atoms with Gasteiger partial charge in [-0.15, -0.1) is 0 Å². The van der Waals surface area contributed by atoms with E-state index in [1.54, 1.807) is 0 Å². The topological polar surface area (TPSA) is 52.7 Å². The average molecular weight is 303 g/mol. The van der Waals surface area contributed by atoms with Crippen molar-refractivity contribution in [2.45, 2.75) is 50.7 Å². The molecule has 1 saturated heterocycles. The van der Waals surface area contributed by atoms with Gasteiger partial charge >= 0.3 is 0 Å². The summed E-state index contributed by atoms with van der Waals surface area (Å²) < 4.78 is 0. The normalized spacial score (nSPS) is 21.4. The molecule has 1 atom stereocenters. The Labute approximate surface area is 133 Å². The number of nitrogens with two attached hydrogens (primary N) is 1. The number of aliphatic hydroxyl groups excluding tert-OH is 1. The van der Waals surface area contributed by atoms with E-state index in [-0.39, 0.29) is 6.10 Å². The maximum Gasteiger partial charge on any atom is 0.0639 e. The van der Waals surface area contributed by atoms with Crippen LogP contribution in [0.5, 0.6) is 0 Å². The lowest BCUT2D eigenvalue weighted by atomic mass is 10.0. The maximum absolute atomic E-state index is 9.54. The van der Waals surface area contributed by atoms with E-state index < -0.39 is 0 Å². The molecule has 2 fully saturated rings. The number of piperidine rings is 1. The molecule has 1 aliphatic heterocycles. The highest BCUT2D eigenvalue weighted by Crippen LogP contribution is 2.42. The Morgan fingerprint density at radius 3 is 2.50 bits per heavy atom. The van der Waals surface area contributed by atoms with Gasteiger partial charge in [0.15, 0.2) is 0 Å². The lowest BCUT2D eigenvalue weighted by Crippen LogP contribution is -2.45. The molecule has 1 aliphatic carbocycles. The smallest absolute Gasteiger partial charge is 0.0639 e. The summed E-state index contributed by atoms with van der Waals surface area (Å²) in [6.45, 7) is 4.76. The van der Waals surface area contributed by atoms with Gasteiger partial charge in [0.1, 0.15) is 0 Å². The van der Waals surface area contributed by atoms with Crippen LogP contribution in [0, 0.1) is 0 Å². The van der Waals surface area contributed by atoms with Crippen molar-refractivity contribution in [3.63, 3.8) is 0 Å². The van der Waals surface area contributed by atoms with Crippen LogP contribution in [0.1, 0.15) is 44.1 Å². The molecule has 0 spiro atoms. The van der Waals surface area contributed by atoms with Gasteiger partial charge in [-0.3, -0.25) is 0 Å². The Hall–Kier alpha value is -1.26. The summed E-state index contributed by atoms with van der Waals surface area (Å²) in [5.74, 6) is 0.747. The van der Waals surface area contributed by atoms with E-state index in [1.165, 1.54) is 24.1 Å². The molecule has 3 rings (SSSR count). The third kappa shape index (κ3) is 3.73. The number of hydrogen-bond donors (Lipinski definition) is 2. The summed E-state index contributed by atoms with van der Waals surface area (Å²) in [4.78, 5) is 4.77. The van der Waals surface area contributed by atoms with E-state index in [1.807, 2.05) is 6.92 Å². The Bertz CT molecular complexity index is 505. The molecule has 0 amide bonds. The highest BCUT2D eigenvalue weighted by Gasteiger charge is 2.26. The summed E-state index contributed by atoms with van der Waals surface area (Å²) in [7, 11) is 2.12. The third-order valence-electron chi connectivity index (χ3n) is 5.02. The molecule has 1 saturated carbocycles. The first-order chi connectivity index (χ1) is 10.5. The minimum absolute atomic E-state index is 0.252. The molecule has 2 aliphatic rings. The Morgan fingerprint density at radius 1 is 1.23 bits per heavy atom. The maximum atomic E-state index is 9.54. The fourth-order valence-electron chi connectivity index (χ4n) is 3.62. The molecule has 22 heavy (non-hydrogen) atoms. The van der Waals surface area contributed by atoms with Crippen molar-refractivity contribution in [1.82, 2.24) is 4.90 Å². The van der Waals surface area contributed by atoms with Crippen LogP contribution in [0.3, 0.4) is 0 Å². The van der Waals surface area contributed by atoms with Crippen LogP contribution in [0.2, 0.25) is 0 Å². The van der Waals surface area contributed by atoms with Gasteiger partial charge in [-0.05, 0) is 69.3 Å². The molecule has 1 aromatic carbocycles. The Kier molecular flexibility index (Phi) is 4.59. The monoisotopic (exact) mass is 303 g/mol. The molecule has 0 radical (unpaired) electrons. The van der Waals surface area contributed by atoms with Crippen molar-refractivity contribution in [2.75, 3.05) is 37.3 Å². The van der Waals surface area contributed by atoms with Gasteiger partial charge in [0.05, 0.1) is 6.10 Å². The fourth-order valence-corrected chi connectivity index (χ4v) is 3.62. The fraction of sp³-hybridized carbons (Fsp3) is 0.667. The lowest BCUT2D eigenvalue weighted by molar-refractivity contribution is 0.108. The number of nitrogen functional groups attached to an aromatic ring is 1. The van der Waals surface area contributed by atoms with Crippen molar-refractivity contribution in [3.05, 3.63) is 23.8 Å². The number of aliphatic hydroxyl groups is 1. The first-order valence-electron chi connectivity index (χ1n) is 8.56. The first-order valence-corrected chi connectivity index (χ1v) is 8.56. The second kappa shape index (κ2) is 6.47. The zero-order chi connectivity index (χ0) is 15.7. The van der Waals surface area contributed by atoms with Crippen LogP contribution in [0.4, 0.5) is 11.4 Å². The van der Waals surface area contributed by atoms with Gasteiger partial charge in [0.2, 0.25) is 0 Å². The van der Waals surface area contributed by atoms with Crippen molar-refractivity contribution in [1.29, 1.82) is 0 Å². The first kappa shape index (κ1) is 15.6. The highest BCUT2D eigenvalue weighted by molar-refractivity contribution is 5.59. The molecule has 122 valence electrons. The average Bonchev–Trinajstić information content (AvgIpc) is 3.30. The summed E-state index contributed by atoms with van der Waals surface area (Å²) in [6.07, 6.45) is 4.68. The van der Waals surface area contributed by atoms with Crippen molar-refractivity contribution < 1.29 is 5.11 Å². The van der Waals surface area contributed by atoms with E-state index in [0.29, 0.717) is 6.04 Å². The largest absolute Gasteiger partial charge is 0.399 e. The molecule has 0 bridgehead atoms. The number of hydrogen-bond acceptors (Lipinski definition) is 4. The second-order valence-corrected chi connectivity index (χ2v) is 7.14. The van der Waals surface area contributed by atoms with Gasteiger partial charge in [-0.2, -0.15) is 0 Å². The molecule has 1 heterocycles. The zero-order valence-corrected chi connectivity index (χ0v) is 13.8. The minimum atomic E-state index is -0.252. The molecule has 0 unspecified atom stereocenters. The molecular formula is C18H29N3O. The van der Waals surface area contributed by atoms with Gasteiger partial charge in [0, 0.05) is 37.1 Å². The molecule has 4 nitrogen and oxygen atoms in total. The van der Waals surface area contributed by atoms with Crippen LogP contribution in [0.15, 0.2) is 18.2 Å². The van der Waals surface area contributed by atoms with Gasteiger partial charge < -0.3 is 20.6 Å². The minimum Gasteiger partial charge on any atom is -0.399 e. The third-order valence-corrected chi connectivity index (χ3v) is 5.02. The van der Waals surface area contributed by atoms with Gasteiger partial charge in [-0.25, -0.2) is 0 Å². The summed E-state index contributed by atoms with van der Waals surface area (Å²) in [6, 6.07) is 7.18. The van der Waals surface area contributed by atoms with Crippen LogP contribution in [-0.4, -0.2) is 48.8 Å². The molecular weight excluding hydrogens is 274 g/mol. The van der Waals surface area contributed by atoms with Crippen molar-refractivity contribution in [2.24, 2.45) is 0 Å². The van der Waals surface area contributed by atoms with E-state index >= 15 is 0 Å². The highest BCUT2D eigenvalue weighted by atomic mass is 16.3. The quantitative estimate of drug-likeness (QED) is 0.820. The Balaban J connectivity index is 1.61. The number of nitrogens with zero attached hydrogens (tertiary/aromatic N) is 2. The van der Waals surface area contributed by atoms with Crippen molar-refractivity contribution in [3.8, 4) is 0 Å². The zero-order valence-electron chi connectivity index (χ0n) is 13.8. The predicted octanol–water partition coefficient (Wildman–Crippen LogP) is 2.43. The number of anilines is 2. The van der Waals surface area contributed by atoms with Crippen LogP contribution in [-0.2, 0) is 0 Å². The van der Waals surface area contributed by atoms with Crippen LogP contribution >= 0.6 is 0 Å². The van der Waals surface area contributed by atoms with E-state index in [9.17, 15) is 5.11 Å². The predicted molar refractivity (Wildman–Crippen MR) is 92.4 cm³/mol. The standard InChI is InChI=1S/C18H29N3O/c1-13(22)12-20(2)17-5-7-21(8-6-17)18-10-15(14-3-4-14)9-16(19)11-18/h9-11,13-14,17,22H,3-8,12,19H2,1-2H3/t13-/m0/s1. The summed E-state index contributed by atoms with van der Waals surface area (Å²) in [5, 5.41) is 9.54. The number of rotatable bonds is 5. The molecule has 0 aromatic heterocycles. The van der Waals surface area contributed by atoms with E-state index in [2.05, 4.69) is 35.0 Å². The van der Waals surface area contributed by atoms with E-state index in [4.69, 9.17) is 5.73 Å². The summed E-state index contributed by atoms with van der Waals surface area (Å²) in [5.41, 5.74) is 9.71. The number of likely N-dealkylation sites (N-methyl/N-ethyl adjacent to an activating group) is 1. The van der Waals surface area contributed by atoms with E-state index in [0.717, 1.165) is 44.1 Å².